The average Bonchev–Trinajstić information content (AvgIpc) is 2.94. The molecule has 3 aromatic rings. The van der Waals surface area contributed by atoms with E-state index in [9.17, 15) is 23.4 Å². The van der Waals surface area contributed by atoms with Crippen LogP contribution in [0.25, 0.3) is 0 Å². The van der Waals surface area contributed by atoms with Crippen molar-refractivity contribution < 1.29 is 28.2 Å². The van der Waals surface area contributed by atoms with Crippen molar-refractivity contribution in [3.63, 3.8) is 0 Å². The van der Waals surface area contributed by atoms with E-state index >= 15 is 0 Å². The molecule has 0 heterocycles. The van der Waals surface area contributed by atoms with Crippen LogP contribution in [0.4, 0.5) is 5.69 Å². The molecule has 1 aliphatic rings. The Morgan fingerprint density at radius 1 is 1.00 bits per heavy atom. The Kier molecular flexibility index (Phi) is 9.45. The van der Waals surface area contributed by atoms with Gasteiger partial charge < -0.3 is 20.3 Å². The molecule has 208 valence electrons. The zero-order valence-electron chi connectivity index (χ0n) is 21.8. The van der Waals surface area contributed by atoms with Crippen molar-refractivity contribution in [3.8, 4) is 11.5 Å². The van der Waals surface area contributed by atoms with Crippen LogP contribution in [-0.4, -0.2) is 56.1 Å². The van der Waals surface area contributed by atoms with Gasteiger partial charge in [0, 0.05) is 30.5 Å². The molecular formula is C29H35N3O6S. The van der Waals surface area contributed by atoms with E-state index in [0.717, 1.165) is 37.6 Å². The Morgan fingerprint density at radius 2 is 1.69 bits per heavy atom. The van der Waals surface area contributed by atoms with Crippen molar-refractivity contribution in [2.75, 3.05) is 24.8 Å². The SMILES string of the molecule is CS(=O)(=O)c1cc(OC[C@@H](O)CNC2CCC(c3ccc(C(=O)NNc4ccccc4)cc3)CC2)ccc1O. The first kappa shape index (κ1) is 28.4. The molecule has 9 nitrogen and oxygen atoms in total. The Balaban J connectivity index is 1.17. The quantitative estimate of drug-likeness (QED) is 0.227. The van der Waals surface area contributed by atoms with Gasteiger partial charge in [0.25, 0.3) is 5.91 Å². The van der Waals surface area contributed by atoms with Crippen molar-refractivity contribution in [2.45, 2.75) is 48.6 Å². The molecule has 1 atom stereocenters. The van der Waals surface area contributed by atoms with Gasteiger partial charge in [-0.1, -0.05) is 30.3 Å². The van der Waals surface area contributed by atoms with Crippen LogP contribution in [0.3, 0.4) is 0 Å². The fourth-order valence-corrected chi connectivity index (χ4v) is 5.47. The normalized spacial score (nSPS) is 18.2. The third-order valence-electron chi connectivity index (χ3n) is 6.88. The van der Waals surface area contributed by atoms with Gasteiger partial charge in [-0.3, -0.25) is 15.6 Å². The van der Waals surface area contributed by atoms with Crippen LogP contribution in [0.15, 0.2) is 77.7 Å². The van der Waals surface area contributed by atoms with Crippen LogP contribution in [0.1, 0.15) is 47.5 Å². The van der Waals surface area contributed by atoms with E-state index in [1.165, 1.54) is 23.8 Å². The molecule has 3 aromatic carbocycles. The molecule has 0 unspecified atom stereocenters. The van der Waals surface area contributed by atoms with Crippen LogP contribution >= 0.6 is 0 Å². The maximum absolute atomic E-state index is 12.4. The highest BCUT2D eigenvalue weighted by Gasteiger charge is 2.23. The van der Waals surface area contributed by atoms with Gasteiger partial charge in [0.05, 0.1) is 5.69 Å². The number of nitrogens with one attached hydrogen (secondary N) is 3. The molecule has 1 saturated carbocycles. The number of hydrogen-bond donors (Lipinski definition) is 5. The minimum absolute atomic E-state index is 0.00286. The smallest absolute Gasteiger partial charge is 0.269 e. The van der Waals surface area contributed by atoms with Gasteiger partial charge in [-0.15, -0.1) is 0 Å². The lowest BCUT2D eigenvalue weighted by atomic mass is 9.81. The Labute approximate surface area is 229 Å². The predicted molar refractivity (Wildman–Crippen MR) is 150 cm³/mol. The number of rotatable bonds is 11. The first-order valence-corrected chi connectivity index (χ1v) is 14.9. The lowest BCUT2D eigenvalue weighted by Crippen LogP contribution is -2.39. The summed E-state index contributed by atoms with van der Waals surface area (Å²) in [5.41, 5.74) is 8.24. The van der Waals surface area contributed by atoms with Gasteiger partial charge in [0.1, 0.15) is 29.1 Å². The molecule has 0 aliphatic heterocycles. The highest BCUT2D eigenvalue weighted by molar-refractivity contribution is 7.90. The number of amides is 1. The van der Waals surface area contributed by atoms with Crippen molar-refractivity contribution in [2.24, 2.45) is 0 Å². The van der Waals surface area contributed by atoms with Crippen LogP contribution in [0.5, 0.6) is 11.5 Å². The van der Waals surface area contributed by atoms with E-state index < -0.39 is 15.9 Å². The van der Waals surface area contributed by atoms with E-state index in [-0.39, 0.29) is 35.0 Å². The summed E-state index contributed by atoms with van der Waals surface area (Å²) in [6, 6.07) is 21.5. The largest absolute Gasteiger partial charge is 0.507 e. The Hall–Kier alpha value is -3.60. The minimum Gasteiger partial charge on any atom is -0.507 e. The van der Waals surface area contributed by atoms with Gasteiger partial charge in [0.2, 0.25) is 0 Å². The van der Waals surface area contributed by atoms with Crippen molar-refractivity contribution in [1.29, 1.82) is 0 Å². The molecule has 1 amide bonds. The minimum atomic E-state index is -3.59. The van der Waals surface area contributed by atoms with Gasteiger partial charge in [-0.2, -0.15) is 0 Å². The topological polar surface area (TPSA) is 137 Å². The number of anilines is 1. The summed E-state index contributed by atoms with van der Waals surface area (Å²) in [6.45, 7) is 0.351. The fourth-order valence-electron chi connectivity index (χ4n) is 4.70. The molecule has 1 aliphatic carbocycles. The summed E-state index contributed by atoms with van der Waals surface area (Å²) >= 11 is 0. The number of carbonyl (C=O) groups is 1. The second kappa shape index (κ2) is 13.0. The number of hydrogen-bond acceptors (Lipinski definition) is 8. The first-order valence-electron chi connectivity index (χ1n) is 13.0. The molecular weight excluding hydrogens is 518 g/mol. The fraction of sp³-hybridized carbons (Fsp3) is 0.345. The third-order valence-corrected chi connectivity index (χ3v) is 8.01. The maximum atomic E-state index is 12.4. The van der Waals surface area contributed by atoms with Crippen molar-refractivity contribution in [1.82, 2.24) is 10.7 Å². The van der Waals surface area contributed by atoms with Crippen LogP contribution < -0.4 is 20.9 Å². The Bertz CT molecular complexity index is 1340. The number of sulfone groups is 1. The molecule has 0 radical (unpaired) electrons. The zero-order chi connectivity index (χ0) is 27.8. The second-order valence-electron chi connectivity index (χ2n) is 9.89. The van der Waals surface area contributed by atoms with Gasteiger partial charge in [0.15, 0.2) is 9.84 Å². The van der Waals surface area contributed by atoms with Crippen molar-refractivity contribution >= 4 is 21.4 Å². The molecule has 0 spiro atoms. The number of ether oxygens (including phenoxy) is 1. The van der Waals surface area contributed by atoms with E-state index in [0.29, 0.717) is 18.0 Å². The third kappa shape index (κ3) is 8.19. The molecule has 0 aromatic heterocycles. The summed E-state index contributed by atoms with van der Waals surface area (Å²) in [5, 5.41) is 23.5. The predicted octanol–water partition coefficient (Wildman–Crippen LogP) is 3.61. The van der Waals surface area contributed by atoms with E-state index in [2.05, 4.69) is 16.2 Å². The second-order valence-corrected chi connectivity index (χ2v) is 11.9. The number of aromatic hydroxyl groups is 1. The molecule has 1 fully saturated rings. The number of carbonyl (C=O) groups excluding carboxylic acids is 1. The van der Waals surface area contributed by atoms with Gasteiger partial charge in [-0.05, 0) is 73.6 Å². The number of aliphatic hydroxyl groups excluding tert-OH is 1. The van der Waals surface area contributed by atoms with Crippen LogP contribution in [0.2, 0.25) is 0 Å². The summed E-state index contributed by atoms with van der Waals surface area (Å²) in [5.74, 6) is 0.167. The molecule has 4 rings (SSSR count). The lowest BCUT2D eigenvalue weighted by Gasteiger charge is -2.30. The average molecular weight is 554 g/mol. The van der Waals surface area contributed by atoms with Crippen molar-refractivity contribution in [3.05, 3.63) is 83.9 Å². The maximum Gasteiger partial charge on any atom is 0.269 e. The van der Waals surface area contributed by atoms with E-state index in [4.69, 9.17) is 4.74 Å². The molecule has 39 heavy (non-hydrogen) atoms. The lowest BCUT2D eigenvalue weighted by molar-refractivity contribution is 0.0962. The zero-order valence-corrected chi connectivity index (χ0v) is 22.7. The monoisotopic (exact) mass is 553 g/mol. The number of phenols is 1. The standard InChI is InChI=1S/C29H35N3O6S/c1-39(36,37)28-17-26(15-16-27(28)34)38-19-25(33)18-30-23-13-11-21(12-14-23)20-7-9-22(10-8-20)29(35)32-31-24-5-3-2-4-6-24/h2-10,15-17,21,23,25,30-31,33-34H,11-14,18-19H2,1H3,(H,32,35)/t21?,23?,25-/m0/s1. The summed E-state index contributed by atoms with van der Waals surface area (Å²) in [4.78, 5) is 12.2. The summed E-state index contributed by atoms with van der Waals surface area (Å²) < 4.78 is 29.0. The van der Waals surface area contributed by atoms with Gasteiger partial charge in [-0.25, -0.2) is 8.42 Å². The number of para-hydroxylation sites is 1. The summed E-state index contributed by atoms with van der Waals surface area (Å²) in [6.07, 6.45) is 4.20. The van der Waals surface area contributed by atoms with Crippen LogP contribution in [-0.2, 0) is 9.84 Å². The molecule has 10 heteroatoms. The number of hydrazine groups is 1. The number of phenolic OH excluding ortho intramolecular Hbond substituents is 1. The summed E-state index contributed by atoms with van der Waals surface area (Å²) in [7, 11) is -3.59. The van der Waals surface area contributed by atoms with E-state index in [1.54, 1.807) is 0 Å². The number of benzene rings is 3. The highest BCUT2D eigenvalue weighted by Crippen LogP contribution is 2.33. The first-order chi connectivity index (χ1) is 18.7. The van der Waals surface area contributed by atoms with Crippen LogP contribution in [0, 0.1) is 0 Å². The molecule has 5 N–H and O–H groups in total. The van der Waals surface area contributed by atoms with E-state index in [1.807, 2.05) is 54.6 Å². The highest BCUT2D eigenvalue weighted by atomic mass is 32.2. The molecule has 0 bridgehead atoms. The van der Waals surface area contributed by atoms with Gasteiger partial charge >= 0.3 is 0 Å². The Morgan fingerprint density at radius 3 is 2.36 bits per heavy atom. The molecule has 0 saturated heterocycles. The number of aliphatic hydroxyl groups is 1.